The molecule has 0 aromatic rings. The van der Waals surface area contributed by atoms with Gasteiger partial charge in [0.2, 0.25) is 0 Å². The Balaban J connectivity index is 1.91. The van der Waals surface area contributed by atoms with Gasteiger partial charge in [0.15, 0.2) is 0 Å². The predicted molar refractivity (Wildman–Crippen MR) is 55.3 cm³/mol. The molecule has 3 heteroatoms. The van der Waals surface area contributed by atoms with Crippen LogP contribution < -0.4 is 0 Å². The van der Waals surface area contributed by atoms with Crippen LogP contribution in [0.5, 0.6) is 0 Å². The Morgan fingerprint density at radius 2 is 2.07 bits per heavy atom. The lowest BCUT2D eigenvalue weighted by molar-refractivity contribution is -0.117. The van der Waals surface area contributed by atoms with Crippen molar-refractivity contribution in [3.05, 3.63) is 0 Å². The maximum absolute atomic E-state index is 8.92. The van der Waals surface area contributed by atoms with E-state index in [0.717, 1.165) is 26.2 Å². The van der Waals surface area contributed by atoms with Crippen molar-refractivity contribution in [3.63, 3.8) is 0 Å². The van der Waals surface area contributed by atoms with E-state index in [1.54, 1.807) is 0 Å². The highest BCUT2D eigenvalue weighted by molar-refractivity contribution is 4.90. The summed E-state index contributed by atoms with van der Waals surface area (Å²) >= 11 is 0. The molecule has 0 aromatic carbocycles. The van der Waals surface area contributed by atoms with Gasteiger partial charge in [0, 0.05) is 19.7 Å². The third-order valence-corrected chi connectivity index (χ3v) is 3.47. The molecule has 0 aliphatic carbocycles. The zero-order chi connectivity index (χ0) is 9.86. The Morgan fingerprint density at radius 3 is 2.79 bits per heavy atom. The molecule has 14 heavy (non-hydrogen) atoms. The van der Waals surface area contributed by atoms with Crippen molar-refractivity contribution in [2.24, 2.45) is 0 Å². The summed E-state index contributed by atoms with van der Waals surface area (Å²) in [6.45, 7) is 4.19. The first-order valence-corrected chi connectivity index (χ1v) is 5.82. The lowest BCUT2D eigenvalue weighted by Gasteiger charge is -2.44. The number of β-amino-alcohol motifs (C(OH)–C–C–N with tert-alkyl or cyclic N) is 1. The van der Waals surface area contributed by atoms with Crippen LogP contribution >= 0.6 is 0 Å². The molecular weight excluding hydrogens is 178 g/mol. The lowest BCUT2D eigenvalue weighted by Crippen LogP contribution is -2.51. The van der Waals surface area contributed by atoms with Gasteiger partial charge in [0.1, 0.15) is 0 Å². The Labute approximate surface area is 86.0 Å². The third-order valence-electron chi connectivity index (χ3n) is 3.47. The van der Waals surface area contributed by atoms with Crippen LogP contribution in [0.2, 0.25) is 0 Å². The van der Waals surface area contributed by atoms with E-state index in [-0.39, 0.29) is 12.2 Å². The van der Waals surface area contributed by atoms with Gasteiger partial charge in [-0.05, 0) is 38.6 Å². The van der Waals surface area contributed by atoms with Crippen LogP contribution in [0.1, 0.15) is 32.1 Å². The summed E-state index contributed by atoms with van der Waals surface area (Å²) in [5.41, 5.74) is 0.145. The van der Waals surface area contributed by atoms with Gasteiger partial charge in [-0.15, -0.1) is 0 Å². The van der Waals surface area contributed by atoms with Crippen molar-refractivity contribution in [2.45, 2.75) is 37.7 Å². The minimum absolute atomic E-state index is 0.145. The van der Waals surface area contributed by atoms with Crippen LogP contribution in [0.15, 0.2) is 0 Å². The summed E-state index contributed by atoms with van der Waals surface area (Å²) in [4.78, 5) is 2.34. The van der Waals surface area contributed by atoms with Gasteiger partial charge in [-0.3, -0.25) is 4.90 Å². The average molecular weight is 199 g/mol. The summed E-state index contributed by atoms with van der Waals surface area (Å²) < 4.78 is 5.96. The zero-order valence-corrected chi connectivity index (χ0v) is 8.87. The molecule has 0 saturated carbocycles. The van der Waals surface area contributed by atoms with Crippen molar-refractivity contribution >= 4 is 0 Å². The topological polar surface area (TPSA) is 32.7 Å². The second-order valence-electron chi connectivity index (χ2n) is 4.59. The van der Waals surface area contributed by atoms with E-state index >= 15 is 0 Å². The summed E-state index contributed by atoms with van der Waals surface area (Å²) in [6.07, 6.45) is 6.19. The van der Waals surface area contributed by atoms with Crippen LogP contribution in [-0.4, -0.2) is 48.5 Å². The first-order chi connectivity index (χ1) is 6.85. The van der Waals surface area contributed by atoms with E-state index in [2.05, 4.69) is 4.90 Å². The number of ether oxygens (including phenoxy) is 1. The summed E-state index contributed by atoms with van der Waals surface area (Å²) in [6, 6.07) is 0. The largest absolute Gasteiger partial charge is 0.395 e. The van der Waals surface area contributed by atoms with E-state index in [9.17, 15) is 0 Å². The maximum Gasteiger partial charge on any atom is 0.0809 e. The zero-order valence-electron chi connectivity index (χ0n) is 8.87. The molecule has 1 spiro atoms. The van der Waals surface area contributed by atoms with E-state index in [0.29, 0.717) is 0 Å². The first-order valence-electron chi connectivity index (χ1n) is 5.82. The second kappa shape index (κ2) is 4.60. The molecule has 2 heterocycles. The van der Waals surface area contributed by atoms with Gasteiger partial charge in [-0.1, -0.05) is 0 Å². The molecule has 0 amide bonds. The van der Waals surface area contributed by atoms with Gasteiger partial charge in [0.25, 0.3) is 0 Å². The first kappa shape index (κ1) is 10.4. The molecule has 1 N–H and O–H groups in total. The number of rotatable bonds is 2. The molecule has 0 unspecified atom stereocenters. The molecule has 0 aromatic heterocycles. The lowest BCUT2D eigenvalue weighted by atomic mass is 9.86. The molecule has 2 fully saturated rings. The third kappa shape index (κ3) is 2.27. The van der Waals surface area contributed by atoms with E-state index in [1.807, 2.05) is 0 Å². The fourth-order valence-corrected chi connectivity index (χ4v) is 2.75. The molecule has 2 saturated heterocycles. The van der Waals surface area contributed by atoms with Gasteiger partial charge in [-0.25, -0.2) is 0 Å². The number of hydrogen-bond donors (Lipinski definition) is 1. The standard InChI is InChI=1S/C11H21NO2/c13-8-7-12-6-3-5-11(10-12)4-1-2-9-14-11/h13H,1-10H2/t11-/m1/s1. The normalized spacial score (nSPS) is 34.9. The highest BCUT2D eigenvalue weighted by atomic mass is 16.5. The number of aliphatic hydroxyl groups is 1. The minimum atomic E-state index is 0.145. The molecule has 3 nitrogen and oxygen atoms in total. The molecule has 2 rings (SSSR count). The monoisotopic (exact) mass is 199 g/mol. The Kier molecular flexibility index (Phi) is 3.42. The Morgan fingerprint density at radius 1 is 1.21 bits per heavy atom. The van der Waals surface area contributed by atoms with E-state index in [4.69, 9.17) is 9.84 Å². The van der Waals surface area contributed by atoms with Crippen molar-refractivity contribution in [3.8, 4) is 0 Å². The smallest absolute Gasteiger partial charge is 0.0809 e. The maximum atomic E-state index is 8.92. The van der Waals surface area contributed by atoms with Crippen LogP contribution in [0.4, 0.5) is 0 Å². The molecule has 0 bridgehead atoms. The van der Waals surface area contributed by atoms with Gasteiger partial charge in [0.05, 0.1) is 12.2 Å². The second-order valence-corrected chi connectivity index (χ2v) is 4.59. The van der Waals surface area contributed by atoms with E-state index in [1.165, 1.54) is 32.1 Å². The number of hydrogen-bond acceptors (Lipinski definition) is 3. The Bertz CT molecular complexity index is 171. The van der Waals surface area contributed by atoms with Gasteiger partial charge >= 0.3 is 0 Å². The predicted octanol–water partition coefficient (Wildman–Crippen LogP) is 1.01. The average Bonchev–Trinajstić information content (AvgIpc) is 2.19. The fourth-order valence-electron chi connectivity index (χ4n) is 2.75. The van der Waals surface area contributed by atoms with Crippen molar-refractivity contribution in [1.82, 2.24) is 4.90 Å². The molecule has 2 aliphatic rings. The molecule has 2 aliphatic heterocycles. The molecule has 0 radical (unpaired) electrons. The number of piperidine rings is 1. The highest BCUT2D eigenvalue weighted by Gasteiger charge is 2.37. The molecule has 1 atom stereocenters. The van der Waals surface area contributed by atoms with Gasteiger partial charge < -0.3 is 9.84 Å². The summed E-state index contributed by atoms with van der Waals surface area (Å²) in [5.74, 6) is 0. The quantitative estimate of drug-likeness (QED) is 0.720. The summed E-state index contributed by atoms with van der Waals surface area (Å²) in [5, 5.41) is 8.92. The van der Waals surface area contributed by atoms with E-state index < -0.39 is 0 Å². The van der Waals surface area contributed by atoms with Crippen LogP contribution in [-0.2, 0) is 4.74 Å². The van der Waals surface area contributed by atoms with Crippen molar-refractivity contribution < 1.29 is 9.84 Å². The minimum Gasteiger partial charge on any atom is -0.395 e. The van der Waals surface area contributed by atoms with Crippen LogP contribution in [0, 0.1) is 0 Å². The highest BCUT2D eigenvalue weighted by Crippen LogP contribution is 2.33. The summed E-state index contributed by atoms with van der Waals surface area (Å²) in [7, 11) is 0. The van der Waals surface area contributed by atoms with Crippen molar-refractivity contribution in [2.75, 3.05) is 32.8 Å². The van der Waals surface area contributed by atoms with Crippen LogP contribution in [0.3, 0.4) is 0 Å². The number of nitrogens with zero attached hydrogens (tertiary/aromatic N) is 1. The Hall–Kier alpha value is -0.120. The van der Waals surface area contributed by atoms with Crippen molar-refractivity contribution in [1.29, 1.82) is 0 Å². The van der Waals surface area contributed by atoms with Crippen LogP contribution in [0.25, 0.3) is 0 Å². The fraction of sp³-hybridized carbons (Fsp3) is 1.00. The number of aliphatic hydroxyl groups excluding tert-OH is 1. The SMILES string of the molecule is OCCN1CCC[C@]2(CCCCO2)C1. The molecule has 82 valence electrons. The van der Waals surface area contributed by atoms with Gasteiger partial charge in [-0.2, -0.15) is 0 Å². The number of likely N-dealkylation sites (tertiary alicyclic amines) is 1. The molecular formula is C11H21NO2.